The quantitative estimate of drug-likeness (QED) is 0.683. The number of carbonyl (C=O) groups is 1. The Kier molecular flexibility index (Phi) is 3.81. The fourth-order valence-electron chi connectivity index (χ4n) is 4.66. The summed E-state index contributed by atoms with van der Waals surface area (Å²) in [4.78, 5) is 21.0. The number of allylic oxidation sites excluding steroid dienone is 2. The van der Waals surface area contributed by atoms with Gasteiger partial charge in [0.05, 0.1) is 17.3 Å². The Balaban J connectivity index is 1.74. The van der Waals surface area contributed by atoms with E-state index in [1.54, 1.807) is 6.20 Å². The van der Waals surface area contributed by atoms with Crippen LogP contribution in [0.15, 0.2) is 47.9 Å². The summed E-state index contributed by atoms with van der Waals surface area (Å²) in [6, 6.07) is 8.32. The van der Waals surface area contributed by atoms with Crippen LogP contribution in [0, 0.1) is 19.3 Å². The highest BCUT2D eigenvalue weighted by molar-refractivity contribution is 6.01. The lowest BCUT2D eigenvalue weighted by Crippen LogP contribution is -2.34. The van der Waals surface area contributed by atoms with Gasteiger partial charge in [0.1, 0.15) is 11.6 Å². The van der Waals surface area contributed by atoms with Crippen LogP contribution in [0.5, 0.6) is 0 Å². The normalized spacial score (nSPS) is 20.3. The van der Waals surface area contributed by atoms with E-state index in [9.17, 15) is 4.79 Å². The van der Waals surface area contributed by atoms with E-state index in [0.29, 0.717) is 6.42 Å². The molecule has 5 rings (SSSR count). The van der Waals surface area contributed by atoms with Gasteiger partial charge in [0, 0.05) is 35.6 Å². The van der Waals surface area contributed by atoms with Crippen LogP contribution in [0.25, 0.3) is 5.69 Å². The molecule has 3 aromatic rings. The molecular formula is C23H25N5O. The van der Waals surface area contributed by atoms with Crippen molar-refractivity contribution in [3.05, 3.63) is 70.6 Å². The molecule has 3 heterocycles. The molecule has 2 aliphatic rings. The first-order valence-corrected chi connectivity index (χ1v) is 10.0. The third kappa shape index (κ3) is 2.82. The predicted molar refractivity (Wildman–Crippen MR) is 112 cm³/mol. The fraction of sp³-hybridized carbons (Fsp3) is 0.348. The molecule has 0 unspecified atom stereocenters. The van der Waals surface area contributed by atoms with E-state index >= 15 is 0 Å². The van der Waals surface area contributed by atoms with Crippen LogP contribution in [0.2, 0.25) is 0 Å². The summed E-state index contributed by atoms with van der Waals surface area (Å²) in [5, 5.41) is 8.44. The number of anilines is 1. The van der Waals surface area contributed by atoms with Crippen LogP contribution >= 0.6 is 0 Å². The Bertz CT molecular complexity index is 1130. The molecule has 2 N–H and O–H groups in total. The molecule has 0 saturated heterocycles. The van der Waals surface area contributed by atoms with Crippen molar-refractivity contribution < 1.29 is 4.79 Å². The number of imidazole rings is 1. The largest absolute Gasteiger partial charge is 0.348 e. The number of aromatic nitrogens is 4. The SMILES string of the molecule is Cc1ccc(-n2nc(C)c3c2NC2=C(C(=O)CC(C)(C)C2)[C@H]3c2ncc[nH]2)cc1. The highest BCUT2D eigenvalue weighted by atomic mass is 16.1. The number of aryl methyl sites for hydroxylation is 2. The summed E-state index contributed by atoms with van der Waals surface area (Å²) in [6.45, 7) is 8.38. The van der Waals surface area contributed by atoms with E-state index in [1.165, 1.54) is 5.56 Å². The molecule has 6 heteroatoms. The maximum absolute atomic E-state index is 13.2. The minimum Gasteiger partial charge on any atom is -0.348 e. The summed E-state index contributed by atoms with van der Waals surface area (Å²) in [6.07, 6.45) is 4.93. The van der Waals surface area contributed by atoms with Crippen molar-refractivity contribution in [1.29, 1.82) is 0 Å². The molecule has 0 amide bonds. The fourth-order valence-corrected chi connectivity index (χ4v) is 4.66. The minimum absolute atomic E-state index is 0.0715. The zero-order valence-corrected chi connectivity index (χ0v) is 17.2. The van der Waals surface area contributed by atoms with Gasteiger partial charge < -0.3 is 10.3 Å². The number of rotatable bonds is 2. The van der Waals surface area contributed by atoms with Crippen LogP contribution in [0.4, 0.5) is 5.82 Å². The zero-order valence-electron chi connectivity index (χ0n) is 17.2. The molecule has 1 aromatic carbocycles. The number of ketones is 1. The Morgan fingerprint density at radius 2 is 1.90 bits per heavy atom. The second-order valence-corrected chi connectivity index (χ2v) is 8.96. The number of fused-ring (bicyclic) bond motifs is 1. The topological polar surface area (TPSA) is 75.6 Å². The maximum Gasteiger partial charge on any atom is 0.162 e. The molecule has 0 fully saturated rings. The second kappa shape index (κ2) is 6.17. The Morgan fingerprint density at radius 3 is 2.59 bits per heavy atom. The van der Waals surface area contributed by atoms with E-state index in [4.69, 9.17) is 5.10 Å². The third-order valence-electron chi connectivity index (χ3n) is 5.94. The molecule has 0 spiro atoms. The summed E-state index contributed by atoms with van der Waals surface area (Å²) in [7, 11) is 0. The number of aromatic amines is 1. The van der Waals surface area contributed by atoms with Crippen molar-refractivity contribution in [3.63, 3.8) is 0 Å². The van der Waals surface area contributed by atoms with Crippen molar-refractivity contribution in [1.82, 2.24) is 19.7 Å². The molecular weight excluding hydrogens is 362 g/mol. The Labute approximate surface area is 170 Å². The average Bonchev–Trinajstić information content (AvgIpc) is 3.28. The van der Waals surface area contributed by atoms with Gasteiger partial charge in [0.15, 0.2) is 5.78 Å². The standard InChI is InChI=1S/C23H25N5O/c1-13-5-7-15(8-6-13)28-22-18(14(2)27-28)20(21-24-9-10-25-21)19-16(26-22)11-23(3,4)12-17(19)29/h5-10,20,26H,11-12H2,1-4H3,(H,24,25)/t20-/m0/s1. The lowest BCUT2D eigenvalue weighted by Gasteiger charge is -2.38. The summed E-state index contributed by atoms with van der Waals surface area (Å²) >= 11 is 0. The van der Waals surface area contributed by atoms with Crippen LogP contribution in [-0.2, 0) is 4.79 Å². The second-order valence-electron chi connectivity index (χ2n) is 8.96. The number of Topliss-reactive ketones (excluding diaryl/α,β-unsaturated/α-hetero) is 1. The van der Waals surface area contributed by atoms with Gasteiger partial charge in [-0.05, 0) is 37.8 Å². The highest BCUT2D eigenvalue weighted by Crippen LogP contribution is 2.49. The highest BCUT2D eigenvalue weighted by Gasteiger charge is 2.43. The minimum atomic E-state index is -0.223. The van der Waals surface area contributed by atoms with E-state index in [-0.39, 0.29) is 17.1 Å². The molecule has 1 aliphatic carbocycles. The summed E-state index contributed by atoms with van der Waals surface area (Å²) < 4.78 is 1.95. The van der Waals surface area contributed by atoms with Crippen LogP contribution < -0.4 is 5.32 Å². The smallest absolute Gasteiger partial charge is 0.162 e. The number of benzene rings is 1. The van der Waals surface area contributed by atoms with Crippen molar-refractivity contribution in [2.24, 2.45) is 5.41 Å². The lowest BCUT2D eigenvalue weighted by atomic mass is 9.70. The first-order chi connectivity index (χ1) is 13.8. The zero-order chi connectivity index (χ0) is 20.3. The van der Waals surface area contributed by atoms with Crippen molar-refractivity contribution in [2.75, 3.05) is 5.32 Å². The molecule has 148 valence electrons. The van der Waals surface area contributed by atoms with E-state index in [2.05, 4.69) is 60.3 Å². The van der Waals surface area contributed by atoms with Crippen molar-refractivity contribution in [2.45, 2.75) is 46.5 Å². The molecule has 29 heavy (non-hydrogen) atoms. The van der Waals surface area contributed by atoms with Gasteiger partial charge in [-0.1, -0.05) is 31.5 Å². The van der Waals surface area contributed by atoms with Gasteiger partial charge in [-0.25, -0.2) is 9.67 Å². The van der Waals surface area contributed by atoms with Crippen LogP contribution in [-0.4, -0.2) is 25.5 Å². The summed E-state index contributed by atoms with van der Waals surface area (Å²) in [5.41, 5.74) is 5.88. The van der Waals surface area contributed by atoms with Gasteiger partial charge in [-0.3, -0.25) is 4.79 Å². The molecule has 1 aliphatic heterocycles. The van der Waals surface area contributed by atoms with Gasteiger partial charge in [-0.2, -0.15) is 5.10 Å². The van der Waals surface area contributed by atoms with Gasteiger partial charge >= 0.3 is 0 Å². The number of hydrogen-bond acceptors (Lipinski definition) is 4. The van der Waals surface area contributed by atoms with E-state index < -0.39 is 0 Å². The molecule has 0 radical (unpaired) electrons. The molecule has 0 bridgehead atoms. The predicted octanol–water partition coefficient (Wildman–Crippen LogP) is 4.41. The van der Waals surface area contributed by atoms with Crippen LogP contribution in [0.3, 0.4) is 0 Å². The van der Waals surface area contributed by atoms with E-state index in [0.717, 1.165) is 46.3 Å². The summed E-state index contributed by atoms with van der Waals surface area (Å²) in [5.74, 6) is 1.69. The average molecular weight is 387 g/mol. The lowest BCUT2D eigenvalue weighted by molar-refractivity contribution is -0.118. The van der Waals surface area contributed by atoms with Crippen molar-refractivity contribution in [3.8, 4) is 5.69 Å². The van der Waals surface area contributed by atoms with Gasteiger partial charge in [0.2, 0.25) is 0 Å². The number of nitrogens with one attached hydrogen (secondary N) is 2. The Morgan fingerprint density at radius 1 is 1.14 bits per heavy atom. The first-order valence-electron chi connectivity index (χ1n) is 10.0. The molecule has 1 atom stereocenters. The molecule has 6 nitrogen and oxygen atoms in total. The van der Waals surface area contributed by atoms with Gasteiger partial charge in [-0.15, -0.1) is 0 Å². The Hall–Kier alpha value is -3.15. The number of hydrogen-bond donors (Lipinski definition) is 2. The molecule has 0 saturated carbocycles. The molecule has 2 aromatic heterocycles. The van der Waals surface area contributed by atoms with Crippen LogP contribution in [0.1, 0.15) is 55.3 Å². The first kappa shape index (κ1) is 17.9. The number of carbonyl (C=O) groups excluding carboxylic acids is 1. The van der Waals surface area contributed by atoms with E-state index in [1.807, 2.05) is 17.8 Å². The number of H-pyrrole nitrogens is 1. The van der Waals surface area contributed by atoms with Gasteiger partial charge in [0.25, 0.3) is 0 Å². The third-order valence-corrected chi connectivity index (χ3v) is 5.94. The maximum atomic E-state index is 13.2. The van der Waals surface area contributed by atoms with Crippen molar-refractivity contribution >= 4 is 11.6 Å². The monoisotopic (exact) mass is 387 g/mol. The number of nitrogens with zero attached hydrogens (tertiary/aromatic N) is 3.